The van der Waals surface area contributed by atoms with Crippen LogP contribution >= 0.6 is 0 Å². The molecule has 7 heterocycles. The third-order valence-electron chi connectivity index (χ3n) is 21.3. The van der Waals surface area contributed by atoms with Gasteiger partial charge in [-0.25, -0.2) is 19.9 Å². The molecule has 5 aromatic heterocycles. The Hall–Kier alpha value is -8.13. The first-order chi connectivity index (χ1) is 54.2. The van der Waals surface area contributed by atoms with Crippen molar-refractivity contribution in [3.63, 3.8) is 0 Å². The molecule has 2 aliphatic heterocycles. The van der Waals surface area contributed by atoms with Crippen LogP contribution < -0.4 is 9.97 Å². The monoisotopic (exact) mass is 2150 g/mol. The number of benzene rings is 8. The van der Waals surface area contributed by atoms with Crippen molar-refractivity contribution >= 4 is 110 Å². The fraction of sp³-hybridized carbons (Fsp3) is 0.327. The second-order valence-electron chi connectivity index (χ2n) is 29.5. The summed E-state index contributed by atoms with van der Waals surface area (Å²) in [5, 5.41) is 20.4. The van der Waals surface area contributed by atoms with Gasteiger partial charge in [-0.05, 0) is 130 Å². The molecule has 0 saturated carbocycles. The topological polar surface area (TPSA) is 197 Å². The minimum absolute atomic E-state index is 0. The Morgan fingerprint density at radius 3 is 1.00 bits per heavy atom. The van der Waals surface area contributed by atoms with Crippen LogP contribution in [-0.2, 0) is 110 Å². The molecule has 26 heteroatoms. The Bertz CT molecular complexity index is 6140. The fourth-order valence-corrected chi connectivity index (χ4v) is 26.6. The predicted molar refractivity (Wildman–Crippen MR) is 509 cm³/mol. The maximum absolute atomic E-state index is 8.45. The van der Waals surface area contributed by atoms with E-state index >= 15 is 0 Å². The van der Waals surface area contributed by atoms with Crippen molar-refractivity contribution in [3.05, 3.63) is 215 Å². The van der Waals surface area contributed by atoms with E-state index in [0.29, 0.717) is 102 Å². The molecule has 2 aliphatic rings. The molecular weight excluding hydrogens is 2040 g/mol. The molecule has 8 aromatic carbocycles. The molecule has 0 atom stereocenters. The van der Waals surface area contributed by atoms with Gasteiger partial charge in [-0.15, -0.1) is 11.1 Å². The van der Waals surface area contributed by atoms with Crippen LogP contribution in [0.2, 0.25) is 40.1 Å². The zero-order valence-electron chi connectivity index (χ0n) is 70.8. The van der Waals surface area contributed by atoms with Crippen molar-refractivity contribution in [2.45, 2.75) is 215 Å². The zero-order chi connectivity index (χ0) is 80.3. The molecule has 0 aliphatic carbocycles. The predicted octanol–water partition coefficient (Wildman–Crippen LogP) is 26.3. The number of hydrogen-bond donors (Lipinski definition) is 0. The number of fused-ring (bicyclic) bond motifs is 22. The van der Waals surface area contributed by atoms with Gasteiger partial charge < -0.3 is 39.0 Å². The summed E-state index contributed by atoms with van der Waals surface area (Å²) in [6.45, 7) is 50.4. The van der Waals surface area contributed by atoms with Crippen LogP contribution in [0.3, 0.4) is 0 Å². The van der Waals surface area contributed by atoms with Crippen molar-refractivity contribution < 1.29 is 129 Å². The number of rotatable bonds is 12. The van der Waals surface area contributed by atoms with Gasteiger partial charge in [0, 0.05) is 198 Å². The third-order valence-corrected chi connectivity index (χ3v) is 33.9. The van der Waals surface area contributed by atoms with Crippen LogP contribution in [-0.4, -0.2) is 82.7 Å². The smallest absolute Gasteiger partial charge is 0.357 e. The second kappa shape index (κ2) is 52.9. The van der Waals surface area contributed by atoms with Crippen molar-refractivity contribution in [1.82, 2.24) is 59.0 Å². The van der Waals surface area contributed by atoms with Gasteiger partial charge in [0.25, 0.3) is 0 Å². The molecule has 15 rings (SSSR count). The summed E-state index contributed by atoms with van der Waals surface area (Å²) >= 11 is 0. The summed E-state index contributed by atoms with van der Waals surface area (Å²) in [4.78, 5) is 58.1. The SMILES string of the molecule is C.C.C.C.C.C.C.CCCn1c(-c2ccc(C#C[Si](C(C)C)(C(C)C)C(C)C)cc2)nc2cc3c(cc21)-c1nc-3nc2[n-]c(nc3nc(nc4[n-]c(n1)c1ccccc41)-c1ccccc1-3)c1ccccc21.N#Cc1ccccc1C#N.[2H][B].[B]C.[C-]#[N+]c1cc2nc(-c3ccc(C#C[Si](C(C)C)(C(C)C)C(C)C)cc3)n(CCC)c2cc1[N+]#[C-].[U].[Zn+2].[Zn].[Zn].[Zn].[Zn]. The van der Waals surface area contributed by atoms with Gasteiger partial charge in [-0.3, -0.25) is 9.69 Å². The standard InChI is InChI=1S/C53H46N10Si.C29H34N4Si.C8H4N2.CH3B.7CH4.BH.U.5Zn/c1-8-26-63-44-29-42-41(28-43(44)54-53(63)34-23-21-33(22-24-34)25-27-64(30(2)3,31(4)5)32(6)7)51-60-49-39-19-13-11-17-37(39)47(58-49)56-45-35-15-9-10-16-36(35)46(55-45)57-48-38-18-12-14-20-40(38)50(59-48)61-52(42)62-51;1-10-16-33-28-19-26(31-9)25(30-8)18-27(28)32-29(33)24-13-11-23(12-14-24)15-17-34(20(2)3,21(4)5)22(6)7;9-5-7-3-1-2-4-8(7)6-10;1-2;;;;;;;;;;;;;;/h9-24,28-32H,8,26H2,1-7H3;11-14,18-22H,10,16H2,1-7H3;1-4H;1H3;7*1H4;1H;;;;;;/q-2;;;;;;;;;;;;;;;;;+2/i;;;;;;;;;;;1D;;;;;;. The largest absolute Gasteiger partial charge is 2.00 e. The fourth-order valence-electron chi connectivity index (χ4n) is 16.1. The molecule has 0 fully saturated rings. The molecule has 0 N–H and O–H groups in total. The Labute approximate surface area is 833 Å². The molecule has 4 radical (unpaired) electrons. The first-order valence-electron chi connectivity index (χ1n) is 38.3. The average molecular weight is 2160 g/mol. The summed E-state index contributed by atoms with van der Waals surface area (Å²) in [6, 6.07) is 59.4. The molecule has 0 amide bonds. The molecule has 0 unspecified atom stereocenters. The van der Waals surface area contributed by atoms with E-state index in [1.54, 1.807) is 36.4 Å². The zero-order valence-corrected chi connectivity index (χ0v) is 90.8. The Balaban J connectivity index is -0.00000209. The minimum atomic E-state index is -1.87. The van der Waals surface area contributed by atoms with Crippen LogP contribution in [0.1, 0.15) is 184 Å². The third kappa shape index (κ3) is 24.0. The molecule has 124 heavy (non-hydrogen) atoms. The number of aromatic nitrogens is 12. The quantitative estimate of drug-likeness (QED) is 0.0638. The van der Waals surface area contributed by atoms with Crippen molar-refractivity contribution in [1.29, 1.82) is 11.9 Å². The van der Waals surface area contributed by atoms with Gasteiger partial charge in [0.15, 0.2) is 11.4 Å². The van der Waals surface area contributed by atoms with Gasteiger partial charge in [-0.2, -0.15) is 10.5 Å². The first kappa shape index (κ1) is 118. The summed E-state index contributed by atoms with van der Waals surface area (Å²) < 4.78 is 9.72. The molecular formula is C98H116B2N16Si2UZn5. The van der Waals surface area contributed by atoms with Gasteiger partial charge in [-0.1, -0.05) is 277 Å². The van der Waals surface area contributed by atoms with Crippen molar-refractivity contribution in [3.8, 4) is 103 Å². The van der Waals surface area contributed by atoms with E-state index in [-0.39, 0.29) is 180 Å². The number of aryl methyl sites for hydroxylation is 2. The van der Waals surface area contributed by atoms with E-state index in [1.807, 2.05) is 84.9 Å². The minimum Gasteiger partial charge on any atom is -0.357 e. The van der Waals surface area contributed by atoms with Crippen LogP contribution in [0.15, 0.2) is 170 Å². The molecule has 0 saturated heterocycles. The van der Waals surface area contributed by atoms with E-state index in [4.69, 9.17) is 74.8 Å². The number of nitrogens with zero attached hydrogens (tertiary/aromatic N) is 16. The maximum atomic E-state index is 8.45. The van der Waals surface area contributed by atoms with Gasteiger partial charge in [0.2, 0.25) is 0 Å². The summed E-state index contributed by atoms with van der Waals surface area (Å²) in [6.07, 6.45) is 1.88. The maximum Gasteiger partial charge on any atom is 2.00 e. The normalized spacial score (nSPS) is 10.3. The number of nitriles is 2. The molecule has 8 bridgehead atoms. The molecule has 0 spiro atoms. The summed E-state index contributed by atoms with van der Waals surface area (Å²) in [5.74, 6) is 11.0. The van der Waals surface area contributed by atoms with E-state index in [0.717, 1.165) is 126 Å². The van der Waals surface area contributed by atoms with Gasteiger partial charge in [0.05, 0.1) is 77.5 Å². The summed E-state index contributed by atoms with van der Waals surface area (Å²) in [5.41, 5.74) is 26.0. The van der Waals surface area contributed by atoms with E-state index in [1.165, 1.54) is 6.82 Å². The van der Waals surface area contributed by atoms with Crippen LogP contribution in [0, 0.1) is 89.8 Å². The first-order valence-corrected chi connectivity index (χ1v) is 42.2. The Morgan fingerprint density at radius 2 is 0.694 bits per heavy atom. The van der Waals surface area contributed by atoms with Crippen molar-refractivity contribution in [2.24, 2.45) is 0 Å². The number of hydrogen-bond acceptors (Lipinski definition) is 10. The molecule has 13 aromatic rings. The van der Waals surface area contributed by atoms with Gasteiger partial charge >= 0.3 is 19.5 Å². The Kier molecular flexibility index (Phi) is 50.3. The van der Waals surface area contributed by atoms with E-state index in [2.05, 4.69) is 216 Å². The van der Waals surface area contributed by atoms with Crippen LogP contribution in [0.5, 0.6) is 0 Å². The average Bonchev–Trinajstić information content (AvgIpc) is 1.58. The second-order valence-corrected chi connectivity index (χ2v) is 40.6. The van der Waals surface area contributed by atoms with Crippen LogP contribution in [0.25, 0.3) is 144 Å². The van der Waals surface area contributed by atoms with Crippen LogP contribution in [0.4, 0.5) is 11.4 Å². The van der Waals surface area contributed by atoms with Crippen molar-refractivity contribution in [2.75, 3.05) is 0 Å². The Morgan fingerprint density at radius 1 is 0.411 bits per heavy atom. The van der Waals surface area contributed by atoms with E-state index < -0.39 is 16.1 Å². The summed E-state index contributed by atoms with van der Waals surface area (Å²) in [7, 11) is 4.60. The van der Waals surface area contributed by atoms with E-state index in [9.17, 15) is 0 Å². The van der Waals surface area contributed by atoms with Gasteiger partial charge in [0.1, 0.15) is 39.9 Å². The molecule has 16 nitrogen and oxygen atoms in total. The molecule has 616 valence electrons. The number of imidazole rings is 2.